The number of piperidine rings is 1. The largest absolute Gasteiger partial charge is 0.346 e. The maximum atomic E-state index is 4.76. The molecular weight excluding hydrogens is 210 g/mol. The molecule has 1 aromatic rings. The van der Waals surface area contributed by atoms with Crippen LogP contribution in [-0.4, -0.2) is 23.1 Å². The second-order valence-electron chi connectivity index (χ2n) is 5.77. The summed E-state index contributed by atoms with van der Waals surface area (Å²) in [6.07, 6.45) is 4.84. The monoisotopic (exact) mass is 235 g/mol. The zero-order valence-corrected chi connectivity index (χ0v) is 11.3. The minimum atomic E-state index is 0.682. The van der Waals surface area contributed by atoms with Crippen LogP contribution in [-0.2, 0) is 12.8 Å². The number of hydrogen-bond acceptors (Lipinski definition) is 2. The van der Waals surface area contributed by atoms with Crippen LogP contribution in [0.4, 0.5) is 0 Å². The van der Waals surface area contributed by atoms with Gasteiger partial charge in [0.2, 0.25) is 0 Å². The first-order valence-corrected chi connectivity index (χ1v) is 6.90. The standard InChI is InChI=1S/C14H25N3/c1-10(2)7-13-11(3)16-14(17-13)8-12-5-4-6-15-9-12/h10,12,15H,4-9H2,1-3H3,(H,16,17). The predicted molar refractivity (Wildman–Crippen MR) is 71.2 cm³/mol. The lowest BCUT2D eigenvalue weighted by molar-refractivity contribution is 0.371. The highest BCUT2D eigenvalue weighted by Crippen LogP contribution is 2.17. The summed E-state index contributed by atoms with van der Waals surface area (Å²) >= 11 is 0. The number of aryl methyl sites for hydroxylation is 1. The minimum Gasteiger partial charge on any atom is -0.346 e. The molecule has 0 amide bonds. The highest BCUT2D eigenvalue weighted by Gasteiger charge is 2.16. The summed E-state index contributed by atoms with van der Waals surface area (Å²) < 4.78 is 0. The third-order valence-electron chi connectivity index (χ3n) is 3.52. The van der Waals surface area contributed by atoms with E-state index in [4.69, 9.17) is 4.98 Å². The van der Waals surface area contributed by atoms with E-state index in [1.807, 2.05) is 0 Å². The van der Waals surface area contributed by atoms with Crippen molar-refractivity contribution in [2.45, 2.75) is 46.5 Å². The molecule has 1 unspecified atom stereocenters. The summed E-state index contributed by atoms with van der Waals surface area (Å²) in [4.78, 5) is 8.22. The van der Waals surface area contributed by atoms with Crippen molar-refractivity contribution in [1.82, 2.24) is 15.3 Å². The van der Waals surface area contributed by atoms with Gasteiger partial charge in [-0.1, -0.05) is 13.8 Å². The number of aromatic nitrogens is 2. The molecule has 0 radical (unpaired) electrons. The Morgan fingerprint density at radius 1 is 1.41 bits per heavy atom. The number of H-pyrrole nitrogens is 1. The van der Waals surface area contributed by atoms with Crippen molar-refractivity contribution >= 4 is 0 Å². The van der Waals surface area contributed by atoms with Crippen molar-refractivity contribution in [2.24, 2.45) is 11.8 Å². The number of nitrogens with one attached hydrogen (secondary N) is 2. The van der Waals surface area contributed by atoms with E-state index in [2.05, 4.69) is 31.1 Å². The number of aromatic amines is 1. The molecule has 1 aliphatic heterocycles. The fourth-order valence-corrected chi connectivity index (χ4v) is 2.62. The molecule has 0 saturated carbocycles. The Bertz CT molecular complexity index is 348. The van der Waals surface area contributed by atoms with Gasteiger partial charge in [-0.3, -0.25) is 0 Å². The molecule has 1 saturated heterocycles. The van der Waals surface area contributed by atoms with Crippen LogP contribution in [0, 0.1) is 18.8 Å². The van der Waals surface area contributed by atoms with Crippen molar-refractivity contribution < 1.29 is 0 Å². The van der Waals surface area contributed by atoms with Gasteiger partial charge in [0.15, 0.2) is 0 Å². The van der Waals surface area contributed by atoms with Gasteiger partial charge in [-0.2, -0.15) is 0 Å². The molecule has 1 fully saturated rings. The number of hydrogen-bond donors (Lipinski definition) is 2. The van der Waals surface area contributed by atoms with E-state index in [1.54, 1.807) is 0 Å². The Morgan fingerprint density at radius 3 is 2.88 bits per heavy atom. The number of rotatable bonds is 4. The van der Waals surface area contributed by atoms with E-state index in [1.165, 1.54) is 36.6 Å². The normalized spacial score (nSPS) is 21.1. The van der Waals surface area contributed by atoms with Crippen LogP contribution in [0.5, 0.6) is 0 Å². The van der Waals surface area contributed by atoms with Gasteiger partial charge >= 0.3 is 0 Å². The molecular formula is C14H25N3. The van der Waals surface area contributed by atoms with E-state index in [0.29, 0.717) is 5.92 Å². The molecule has 0 bridgehead atoms. The van der Waals surface area contributed by atoms with Gasteiger partial charge in [0, 0.05) is 12.1 Å². The van der Waals surface area contributed by atoms with Crippen molar-refractivity contribution in [3.63, 3.8) is 0 Å². The molecule has 1 aromatic heterocycles. The lowest BCUT2D eigenvalue weighted by atomic mass is 9.96. The summed E-state index contributed by atoms with van der Waals surface area (Å²) in [5, 5.41) is 3.47. The average Bonchev–Trinajstić information content (AvgIpc) is 2.59. The zero-order chi connectivity index (χ0) is 12.3. The third kappa shape index (κ3) is 3.56. The van der Waals surface area contributed by atoms with E-state index in [9.17, 15) is 0 Å². The molecule has 1 atom stereocenters. The summed E-state index contributed by atoms with van der Waals surface area (Å²) in [6, 6.07) is 0. The second-order valence-corrected chi connectivity index (χ2v) is 5.77. The quantitative estimate of drug-likeness (QED) is 0.841. The molecule has 96 valence electrons. The Kier molecular flexibility index (Phi) is 4.21. The molecule has 0 aliphatic carbocycles. The molecule has 0 aromatic carbocycles. The predicted octanol–water partition coefficient (Wildman–Crippen LogP) is 2.46. The minimum absolute atomic E-state index is 0.682. The lowest BCUT2D eigenvalue weighted by Gasteiger charge is -2.21. The van der Waals surface area contributed by atoms with Crippen molar-refractivity contribution in [3.05, 3.63) is 17.2 Å². The molecule has 3 nitrogen and oxygen atoms in total. The Labute approximate surface area is 104 Å². The Morgan fingerprint density at radius 2 is 2.24 bits per heavy atom. The Balaban J connectivity index is 1.96. The van der Waals surface area contributed by atoms with Crippen LogP contribution < -0.4 is 5.32 Å². The average molecular weight is 235 g/mol. The maximum absolute atomic E-state index is 4.76. The third-order valence-corrected chi connectivity index (χ3v) is 3.52. The first-order valence-electron chi connectivity index (χ1n) is 6.90. The SMILES string of the molecule is Cc1[nH]c(CC2CCCNC2)nc1CC(C)C. The van der Waals surface area contributed by atoms with Crippen LogP contribution >= 0.6 is 0 Å². The fraction of sp³-hybridized carbons (Fsp3) is 0.786. The highest BCUT2D eigenvalue weighted by atomic mass is 14.9. The summed E-state index contributed by atoms with van der Waals surface area (Å²) in [5.74, 6) is 2.63. The van der Waals surface area contributed by atoms with Crippen molar-refractivity contribution in [3.8, 4) is 0 Å². The topological polar surface area (TPSA) is 40.7 Å². The van der Waals surface area contributed by atoms with Gasteiger partial charge in [0.25, 0.3) is 0 Å². The van der Waals surface area contributed by atoms with Gasteiger partial charge in [0.1, 0.15) is 5.82 Å². The van der Waals surface area contributed by atoms with Crippen LogP contribution in [0.25, 0.3) is 0 Å². The van der Waals surface area contributed by atoms with Gasteiger partial charge in [-0.25, -0.2) is 4.98 Å². The summed E-state index contributed by atoms with van der Waals surface area (Å²) in [5.41, 5.74) is 2.52. The van der Waals surface area contributed by atoms with Gasteiger partial charge in [0.05, 0.1) is 5.69 Å². The van der Waals surface area contributed by atoms with E-state index in [-0.39, 0.29) is 0 Å². The van der Waals surface area contributed by atoms with E-state index < -0.39 is 0 Å². The first kappa shape index (κ1) is 12.6. The smallest absolute Gasteiger partial charge is 0.106 e. The van der Waals surface area contributed by atoms with Crippen LogP contribution in [0.3, 0.4) is 0 Å². The summed E-state index contributed by atoms with van der Waals surface area (Å²) in [7, 11) is 0. The molecule has 3 heteroatoms. The van der Waals surface area contributed by atoms with E-state index in [0.717, 1.165) is 25.3 Å². The van der Waals surface area contributed by atoms with Gasteiger partial charge in [-0.05, 0) is 51.1 Å². The molecule has 0 spiro atoms. The van der Waals surface area contributed by atoms with Crippen molar-refractivity contribution in [2.75, 3.05) is 13.1 Å². The maximum Gasteiger partial charge on any atom is 0.106 e. The van der Waals surface area contributed by atoms with E-state index >= 15 is 0 Å². The summed E-state index contributed by atoms with van der Waals surface area (Å²) in [6.45, 7) is 8.98. The highest BCUT2D eigenvalue weighted by molar-refractivity contribution is 5.14. The molecule has 1 aliphatic rings. The number of nitrogens with zero attached hydrogens (tertiary/aromatic N) is 1. The van der Waals surface area contributed by atoms with Crippen molar-refractivity contribution in [1.29, 1.82) is 0 Å². The van der Waals surface area contributed by atoms with Gasteiger partial charge in [-0.15, -0.1) is 0 Å². The second kappa shape index (κ2) is 5.67. The first-order chi connectivity index (χ1) is 8.15. The van der Waals surface area contributed by atoms with Gasteiger partial charge < -0.3 is 10.3 Å². The van der Waals surface area contributed by atoms with Crippen LogP contribution in [0.1, 0.15) is 43.9 Å². The fourth-order valence-electron chi connectivity index (χ4n) is 2.62. The zero-order valence-electron chi connectivity index (χ0n) is 11.3. The number of imidazole rings is 1. The molecule has 2 heterocycles. The molecule has 2 rings (SSSR count). The van der Waals surface area contributed by atoms with Crippen LogP contribution in [0.2, 0.25) is 0 Å². The lowest BCUT2D eigenvalue weighted by Crippen LogP contribution is -2.31. The molecule has 2 N–H and O–H groups in total. The Hall–Kier alpha value is -0.830. The molecule has 17 heavy (non-hydrogen) atoms. The van der Waals surface area contributed by atoms with Crippen LogP contribution in [0.15, 0.2) is 0 Å².